The van der Waals surface area contributed by atoms with Crippen molar-refractivity contribution >= 4 is 16.9 Å². The summed E-state index contributed by atoms with van der Waals surface area (Å²) < 4.78 is 15.1. The zero-order chi connectivity index (χ0) is 15.3. The van der Waals surface area contributed by atoms with Gasteiger partial charge in [-0.15, -0.1) is 0 Å². The fraction of sp³-hybridized carbons (Fsp3) is 0.200. The minimum atomic E-state index is -0.401. The van der Waals surface area contributed by atoms with E-state index in [1.165, 1.54) is 12.1 Å². The molecule has 0 aliphatic carbocycles. The second-order valence-electron chi connectivity index (χ2n) is 5.50. The summed E-state index contributed by atoms with van der Waals surface area (Å²) in [6.07, 6.45) is 5.57. The first-order valence-corrected chi connectivity index (χ1v) is 6.97. The zero-order valence-electron chi connectivity index (χ0n) is 11.7. The van der Waals surface area contributed by atoms with Crippen LogP contribution in [0.2, 0.25) is 0 Å². The number of primary amides is 1. The molecule has 1 saturated heterocycles. The first-order chi connectivity index (χ1) is 10.6. The van der Waals surface area contributed by atoms with E-state index in [1.54, 1.807) is 17.2 Å². The van der Waals surface area contributed by atoms with Crippen molar-refractivity contribution in [2.24, 2.45) is 5.73 Å². The van der Waals surface area contributed by atoms with Gasteiger partial charge in [0, 0.05) is 47.5 Å². The maximum atomic E-state index is 13.2. The summed E-state index contributed by atoms with van der Waals surface area (Å²) in [5.41, 5.74) is 7.91. The summed E-state index contributed by atoms with van der Waals surface area (Å²) in [5, 5.41) is 5.31. The average Bonchev–Trinajstić information content (AvgIpc) is 3.02. The number of rotatable bonds is 2. The topological polar surface area (TPSA) is 79.9 Å². The van der Waals surface area contributed by atoms with Crippen molar-refractivity contribution in [2.45, 2.75) is 6.04 Å². The van der Waals surface area contributed by atoms with Crippen molar-refractivity contribution < 1.29 is 9.18 Å². The van der Waals surface area contributed by atoms with E-state index in [4.69, 9.17) is 5.73 Å². The van der Waals surface area contributed by atoms with Crippen LogP contribution in [0.1, 0.15) is 6.04 Å². The molecule has 3 N–H and O–H groups in total. The van der Waals surface area contributed by atoms with Crippen LogP contribution in [0.15, 0.2) is 36.8 Å². The number of urea groups is 1. The molecule has 1 aromatic carbocycles. The lowest BCUT2D eigenvalue weighted by Gasteiger charge is -2.37. The van der Waals surface area contributed by atoms with Crippen LogP contribution in [-0.2, 0) is 0 Å². The molecule has 22 heavy (non-hydrogen) atoms. The van der Waals surface area contributed by atoms with Crippen LogP contribution in [-0.4, -0.2) is 38.8 Å². The number of hydrogen-bond donors (Lipinski definition) is 2. The Morgan fingerprint density at radius 2 is 2.23 bits per heavy atom. The minimum Gasteiger partial charge on any atom is -0.360 e. The highest BCUT2D eigenvalue weighted by molar-refractivity contribution is 5.95. The Labute approximate surface area is 125 Å². The number of nitrogens with two attached hydrogens (primary N) is 1. The molecular weight excluding hydrogens is 285 g/mol. The molecule has 0 radical (unpaired) electrons. The monoisotopic (exact) mass is 299 g/mol. The van der Waals surface area contributed by atoms with Crippen LogP contribution in [0.5, 0.6) is 0 Å². The third-order valence-corrected chi connectivity index (χ3v) is 4.10. The minimum absolute atomic E-state index is 0.156. The van der Waals surface area contributed by atoms with Crippen LogP contribution in [0.3, 0.4) is 0 Å². The summed E-state index contributed by atoms with van der Waals surface area (Å²) in [6, 6.07) is 4.43. The molecule has 0 unspecified atom stereocenters. The van der Waals surface area contributed by atoms with Crippen LogP contribution in [0, 0.1) is 5.82 Å². The number of aromatic nitrogens is 3. The second-order valence-corrected chi connectivity index (χ2v) is 5.50. The molecule has 1 aliphatic heterocycles. The number of carbonyl (C=O) groups excluding carboxylic acids is 1. The van der Waals surface area contributed by atoms with Crippen LogP contribution in [0.4, 0.5) is 9.18 Å². The lowest BCUT2D eigenvalue weighted by Crippen LogP contribution is -2.52. The molecule has 1 fully saturated rings. The van der Waals surface area contributed by atoms with Gasteiger partial charge < -0.3 is 15.6 Å². The molecule has 2 aromatic heterocycles. The standard InChI is InChI=1S/C15H14FN5O/c16-10-1-2-12-13(5-18-14(12)3-10)9-4-19-21(6-9)11-7-20(8-11)15(17)22/h1-6,11,18H,7-8H2,(H2,17,22). The first-order valence-electron chi connectivity index (χ1n) is 6.97. The van der Waals surface area contributed by atoms with E-state index in [-0.39, 0.29) is 11.9 Å². The zero-order valence-corrected chi connectivity index (χ0v) is 11.7. The van der Waals surface area contributed by atoms with E-state index in [2.05, 4.69) is 10.1 Å². The Morgan fingerprint density at radius 3 is 3.00 bits per heavy atom. The molecule has 3 aromatic rings. The van der Waals surface area contributed by atoms with E-state index < -0.39 is 6.03 Å². The fourth-order valence-electron chi connectivity index (χ4n) is 2.82. The average molecular weight is 299 g/mol. The van der Waals surface area contributed by atoms with Crippen LogP contribution < -0.4 is 5.73 Å². The Bertz CT molecular complexity index is 862. The molecule has 0 spiro atoms. The highest BCUT2D eigenvalue weighted by atomic mass is 19.1. The molecule has 4 rings (SSSR count). The van der Waals surface area contributed by atoms with Gasteiger partial charge in [0.1, 0.15) is 5.82 Å². The highest BCUT2D eigenvalue weighted by Crippen LogP contribution is 2.30. The molecule has 0 saturated carbocycles. The van der Waals surface area contributed by atoms with Crippen molar-refractivity contribution in [3.63, 3.8) is 0 Å². The van der Waals surface area contributed by atoms with Crippen molar-refractivity contribution in [2.75, 3.05) is 13.1 Å². The number of benzene rings is 1. The van der Waals surface area contributed by atoms with Crippen LogP contribution >= 0.6 is 0 Å². The Hall–Kier alpha value is -2.83. The van der Waals surface area contributed by atoms with E-state index in [0.717, 1.165) is 22.0 Å². The number of fused-ring (bicyclic) bond motifs is 1. The molecule has 6 nitrogen and oxygen atoms in total. The van der Waals surface area contributed by atoms with Gasteiger partial charge in [-0.2, -0.15) is 5.10 Å². The summed E-state index contributed by atoms with van der Waals surface area (Å²) in [5.74, 6) is -0.266. The number of nitrogens with one attached hydrogen (secondary N) is 1. The molecular formula is C15H14FN5O. The van der Waals surface area contributed by atoms with Gasteiger partial charge in [-0.1, -0.05) is 0 Å². The van der Waals surface area contributed by atoms with Crippen molar-refractivity contribution in [3.8, 4) is 11.1 Å². The molecule has 112 valence electrons. The number of halogens is 1. The predicted octanol–water partition coefficient (Wildman–Crippen LogP) is 2.11. The number of carbonyl (C=O) groups is 1. The Balaban J connectivity index is 1.62. The smallest absolute Gasteiger partial charge is 0.314 e. The van der Waals surface area contributed by atoms with Crippen molar-refractivity contribution in [1.29, 1.82) is 0 Å². The molecule has 7 heteroatoms. The third kappa shape index (κ3) is 1.93. The SMILES string of the molecule is NC(=O)N1CC(n2cc(-c3c[nH]c4cc(F)ccc34)cn2)C1. The quantitative estimate of drug-likeness (QED) is 0.760. The fourth-order valence-corrected chi connectivity index (χ4v) is 2.82. The number of nitrogens with zero attached hydrogens (tertiary/aromatic N) is 3. The predicted molar refractivity (Wildman–Crippen MR) is 79.7 cm³/mol. The third-order valence-electron chi connectivity index (χ3n) is 4.10. The van der Waals surface area contributed by atoms with Gasteiger partial charge in [0.2, 0.25) is 0 Å². The largest absolute Gasteiger partial charge is 0.360 e. The first kappa shape index (κ1) is 12.9. The lowest BCUT2D eigenvalue weighted by molar-refractivity contribution is 0.125. The van der Waals surface area contributed by atoms with Crippen molar-refractivity contribution in [1.82, 2.24) is 19.7 Å². The Morgan fingerprint density at radius 1 is 1.41 bits per heavy atom. The highest BCUT2D eigenvalue weighted by Gasteiger charge is 2.31. The van der Waals surface area contributed by atoms with Gasteiger partial charge in [-0.3, -0.25) is 4.68 Å². The summed E-state index contributed by atoms with van der Waals surface area (Å²) in [6.45, 7) is 1.16. The summed E-state index contributed by atoms with van der Waals surface area (Å²) in [7, 11) is 0. The second kappa shape index (κ2) is 4.59. The van der Waals surface area contributed by atoms with E-state index >= 15 is 0 Å². The van der Waals surface area contributed by atoms with Gasteiger partial charge in [-0.05, 0) is 18.2 Å². The van der Waals surface area contributed by atoms with Gasteiger partial charge in [0.05, 0.1) is 12.2 Å². The number of likely N-dealkylation sites (tertiary alicyclic amines) is 1. The van der Waals surface area contributed by atoms with Gasteiger partial charge in [0.25, 0.3) is 0 Å². The van der Waals surface area contributed by atoms with Gasteiger partial charge in [0.15, 0.2) is 0 Å². The summed E-state index contributed by atoms with van der Waals surface area (Å²) in [4.78, 5) is 15.6. The number of hydrogen-bond acceptors (Lipinski definition) is 2. The summed E-state index contributed by atoms with van der Waals surface area (Å²) >= 11 is 0. The lowest BCUT2D eigenvalue weighted by atomic mass is 10.1. The maximum absolute atomic E-state index is 13.2. The van der Waals surface area contributed by atoms with Gasteiger partial charge >= 0.3 is 6.03 Å². The normalized spacial score (nSPS) is 15.2. The number of amides is 2. The molecule has 3 heterocycles. The van der Waals surface area contributed by atoms with E-state index in [9.17, 15) is 9.18 Å². The molecule has 0 bridgehead atoms. The van der Waals surface area contributed by atoms with E-state index in [1.807, 2.05) is 17.1 Å². The number of H-pyrrole nitrogens is 1. The molecule has 0 atom stereocenters. The molecule has 1 aliphatic rings. The van der Waals surface area contributed by atoms with Gasteiger partial charge in [-0.25, -0.2) is 9.18 Å². The Kier molecular flexibility index (Phi) is 2.69. The maximum Gasteiger partial charge on any atom is 0.314 e. The molecule has 2 amide bonds. The van der Waals surface area contributed by atoms with Crippen LogP contribution in [0.25, 0.3) is 22.0 Å². The van der Waals surface area contributed by atoms with E-state index in [0.29, 0.717) is 13.1 Å². The van der Waals surface area contributed by atoms with Crippen molar-refractivity contribution in [3.05, 3.63) is 42.6 Å². The number of aromatic amines is 1.